The number of halogens is 1. The van der Waals surface area contributed by atoms with Crippen LogP contribution in [-0.2, 0) is 29.0 Å². The Balaban J connectivity index is 1.63. The summed E-state index contributed by atoms with van der Waals surface area (Å²) < 4.78 is 0. The van der Waals surface area contributed by atoms with Crippen molar-refractivity contribution in [1.29, 1.82) is 0 Å². The van der Waals surface area contributed by atoms with Crippen molar-refractivity contribution in [1.82, 2.24) is 10.2 Å². The Bertz CT molecular complexity index is 1100. The van der Waals surface area contributed by atoms with Crippen LogP contribution in [0.3, 0.4) is 0 Å². The molecule has 1 saturated carbocycles. The predicted molar refractivity (Wildman–Crippen MR) is 141 cm³/mol. The van der Waals surface area contributed by atoms with Gasteiger partial charge in [-0.05, 0) is 41.7 Å². The fourth-order valence-corrected chi connectivity index (χ4v) is 5.01. The monoisotopic (exact) mass is 488 g/mol. The summed E-state index contributed by atoms with van der Waals surface area (Å²) in [6.45, 7) is 0.371. The van der Waals surface area contributed by atoms with Gasteiger partial charge in [0.05, 0.1) is 6.42 Å². The molecule has 1 N–H and O–H groups in total. The van der Waals surface area contributed by atoms with Crippen molar-refractivity contribution in [3.05, 3.63) is 107 Å². The zero-order valence-electron chi connectivity index (χ0n) is 20.0. The third kappa shape index (κ3) is 7.43. The van der Waals surface area contributed by atoms with Crippen molar-refractivity contribution in [2.75, 3.05) is 0 Å². The van der Waals surface area contributed by atoms with Crippen molar-refractivity contribution in [2.24, 2.45) is 0 Å². The second-order valence-electron chi connectivity index (χ2n) is 9.36. The molecule has 182 valence electrons. The van der Waals surface area contributed by atoms with Gasteiger partial charge in [-0.2, -0.15) is 0 Å². The van der Waals surface area contributed by atoms with Gasteiger partial charge in [-0.25, -0.2) is 0 Å². The summed E-state index contributed by atoms with van der Waals surface area (Å²) in [4.78, 5) is 29.2. The van der Waals surface area contributed by atoms with Crippen molar-refractivity contribution in [3.8, 4) is 0 Å². The number of carbonyl (C=O) groups excluding carboxylic acids is 2. The van der Waals surface area contributed by atoms with Gasteiger partial charge in [0.1, 0.15) is 6.04 Å². The van der Waals surface area contributed by atoms with Crippen molar-refractivity contribution in [2.45, 2.75) is 63.6 Å². The summed E-state index contributed by atoms with van der Waals surface area (Å²) in [6, 6.07) is 26.8. The van der Waals surface area contributed by atoms with E-state index in [0.29, 0.717) is 18.0 Å². The Morgan fingerprint density at radius 1 is 0.829 bits per heavy atom. The van der Waals surface area contributed by atoms with E-state index < -0.39 is 6.04 Å². The van der Waals surface area contributed by atoms with Crippen LogP contribution in [0.5, 0.6) is 0 Å². The Labute approximate surface area is 213 Å². The lowest BCUT2D eigenvalue weighted by atomic mass is 9.94. The maximum Gasteiger partial charge on any atom is 0.243 e. The fourth-order valence-electron chi connectivity index (χ4n) is 4.80. The van der Waals surface area contributed by atoms with Crippen LogP contribution in [0.25, 0.3) is 0 Å². The van der Waals surface area contributed by atoms with E-state index in [1.54, 1.807) is 11.0 Å². The topological polar surface area (TPSA) is 49.4 Å². The molecule has 1 fully saturated rings. The maximum absolute atomic E-state index is 13.8. The first-order valence-electron chi connectivity index (χ1n) is 12.5. The molecule has 2 amide bonds. The summed E-state index contributed by atoms with van der Waals surface area (Å²) in [6.07, 6.45) is 6.14. The molecule has 0 bridgehead atoms. The zero-order chi connectivity index (χ0) is 24.5. The van der Waals surface area contributed by atoms with Crippen molar-refractivity contribution < 1.29 is 9.59 Å². The molecule has 0 unspecified atom stereocenters. The highest BCUT2D eigenvalue weighted by atomic mass is 35.5. The number of amides is 2. The van der Waals surface area contributed by atoms with Crippen LogP contribution in [-0.4, -0.2) is 28.8 Å². The molecule has 3 aromatic carbocycles. The Morgan fingerprint density at radius 3 is 2.11 bits per heavy atom. The van der Waals surface area contributed by atoms with Crippen LogP contribution >= 0.6 is 11.6 Å². The van der Waals surface area contributed by atoms with Gasteiger partial charge in [0.25, 0.3) is 0 Å². The van der Waals surface area contributed by atoms with Crippen LogP contribution in [0.15, 0.2) is 84.9 Å². The lowest BCUT2D eigenvalue weighted by molar-refractivity contribution is -0.141. The van der Waals surface area contributed by atoms with Gasteiger partial charge in [-0.3, -0.25) is 9.59 Å². The van der Waals surface area contributed by atoms with Gasteiger partial charge in [0, 0.05) is 24.0 Å². The molecule has 0 heterocycles. The molecule has 0 radical (unpaired) electrons. The first-order chi connectivity index (χ1) is 17.1. The van der Waals surface area contributed by atoms with E-state index in [0.717, 1.165) is 42.4 Å². The summed E-state index contributed by atoms with van der Waals surface area (Å²) in [7, 11) is 0. The molecule has 0 aromatic heterocycles. The SMILES string of the molecule is O=C(NC1CCCCC1)[C@@H](Cc1ccccc1)N(Cc1ccccc1)C(=O)Cc1cccc(Cl)c1. The third-order valence-electron chi connectivity index (χ3n) is 6.66. The smallest absolute Gasteiger partial charge is 0.243 e. The minimum absolute atomic E-state index is 0.0730. The van der Waals surface area contributed by atoms with Crippen LogP contribution in [0.1, 0.15) is 48.8 Å². The van der Waals surface area contributed by atoms with Gasteiger partial charge in [0.2, 0.25) is 11.8 Å². The molecule has 0 saturated heterocycles. The predicted octanol–water partition coefficient (Wildman–Crippen LogP) is 5.97. The molecule has 4 rings (SSSR count). The van der Waals surface area contributed by atoms with Gasteiger partial charge in [-0.15, -0.1) is 0 Å². The molecule has 1 atom stereocenters. The van der Waals surface area contributed by atoms with Crippen LogP contribution < -0.4 is 5.32 Å². The number of carbonyl (C=O) groups is 2. The average Bonchev–Trinajstić information content (AvgIpc) is 2.88. The van der Waals surface area contributed by atoms with Crippen LogP contribution in [0.4, 0.5) is 0 Å². The van der Waals surface area contributed by atoms with E-state index >= 15 is 0 Å². The maximum atomic E-state index is 13.8. The fraction of sp³-hybridized carbons (Fsp3) is 0.333. The minimum atomic E-state index is -0.605. The first kappa shape index (κ1) is 25.0. The second-order valence-corrected chi connectivity index (χ2v) is 9.80. The number of nitrogens with zero attached hydrogens (tertiary/aromatic N) is 1. The molecule has 35 heavy (non-hydrogen) atoms. The molecule has 0 spiro atoms. The Hall–Kier alpha value is -3.11. The number of benzene rings is 3. The van der Waals surface area contributed by atoms with E-state index in [1.807, 2.05) is 78.9 Å². The van der Waals surface area contributed by atoms with Crippen LogP contribution in [0.2, 0.25) is 5.02 Å². The summed E-state index contributed by atoms with van der Waals surface area (Å²) in [5.41, 5.74) is 2.87. The molecule has 0 aliphatic heterocycles. The van der Waals surface area contributed by atoms with E-state index in [9.17, 15) is 9.59 Å². The largest absolute Gasteiger partial charge is 0.352 e. The number of hydrogen-bond donors (Lipinski definition) is 1. The molecular formula is C30H33ClN2O2. The Kier molecular flexibility index (Phi) is 8.96. The van der Waals surface area contributed by atoms with Gasteiger partial charge >= 0.3 is 0 Å². The lowest BCUT2D eigenvalue weighted by Gasteiger charge is -2.33. The molecular weight excluding hydrogens is 456 g/mol. The van der Waals surface area contributed by atoms with E-state index in [1.165, 1.54) is 6.42 Å². The molecule has 1 aliphatic carbocycles. The Morgan fingerprint density at radius 2 is 1.46 bits per heavy atom. The number of nitrogens with one attached hydrogen (secondary N) is 1. The van der Waals surface area contributed by atoms with E-state index in [4.69, 9.17) is 11.6 Å². The van der Waals surface area contributed by atoms with Gasteiger partial charge < -0.3 is 10.2 Å². The normalized spacial score (nSPS) is 14.8. The van der Waals surface area contributed by atoms with Crippen LogP contribution in [0, 0.1) is 0 Å². The summed E-state index contributed by atoms with van der Waals surface area (Å²) in [5.74, 6) is -0.160. The number of hydrogen-bond acceptors (Lipinski definition) is 2. The summed E-state index contributed by atoms with van der Waals surface area (Å²) in [5, 5.41) is 3.88. The first-order valence-corrected chi connectivity index (χ1v) is 12.9. The highest BCUT2D eigenvalue weighted by molar-refractivity contribution is 6.30. The third-order valence-corrected chi connectivity index (χ3v) is 6.90. The highest BCUT2D eigenvalue weighted by Crippen LogP contribution is 2.21. The van der Waals surface area contributed by atoms with Gasteiger partial charge in [-0.1, -0.05) is 104 Å². The summed E-state index contributed by atoms with van der Waals surface area (Å²) >= 11 is 6.18. The quantitative estimate of drug-likeness (QED) is 0.403. The average molecular weight is 489 g/mol. The highest BCUT2D eigenvalue weighted by Gasteiger charge is 2.31. The van der Waals surface area contributed by atoms with Crippen molar-refractivity contribution in [3.63, 3.8) is 0 Å². The minimum Gasteiger partial charge on any atom is -0.352 e. The van der Waals surface area contributed by atoms with Gasteiger partial charge in [0.15, 0.2) is 0 Å². The lowest BCUT2D eigenvalue weighted by Crippen LogP contribution is -2.53. The van der Waals surface area contributed by atoms with E-state index in [2.05, 4.69) is 5.32 Å². The standard InChI is InChI=1S/C30H33ClN2O2/c31-26-16-10-15-25(19-26)21-29(34)33(22-24-13-6-2-7-14-24)28(20-23-11-4-1-5-12-23)30(35)32-27-17-8-3-9-18-27/h1-2,4-7,10-16,19,27-28H,3,8-9,17-18,20-22H2,(H,32,35)/t28-/m1/s1. The zero-order valence-corrected chi connectivity index (χ0v) is 20.8. The molecule has 5 heteroatoms. The molecule has 4 nitrogen and oxygen atoms in total. The second kappa shape index (κ2) is 12.6. The van der Waals surface area contributed by atoms with E-state index in [-0.39, 0.29) is 24.3 Å². The van der Waals surface area contributed by atoms with Crippen molar-refractivity contribution >= 4 is 23.4 Å². The number of rotatable bonds is 9. The molecule has 3 aromatic rings. The molecule has 1 aliphatic rings.